The van der Waals surface area contributed by atoms with Crippen molar-refractivity contribution in [3.05, 3.63) is 105 Å². The van der Waals surface area contributed by atoms with Gasteiger partial charge in [0, 0.05) is 47.9 Å². The average Bonchev–Trinajstić information content (AvgIpc) is 3.65. The minimum atomic E-state index is -0.635. The van der Waals surface area contributed by atoms with Crippen molar-refractivity contribution < 1.29 is 33.1 Å². The van der Waals surface area contributed by atoms with Crippen molar-refractivity contribution in [1.82, 2.24) is 14.9 Å². The zero-order valence-electron chi connectivity index (χ0n) is 24.2. The molecule has 4 aromatic rings. The van der Waals surface area contributed by atoms with Gasteiger partial charge in [0.05, 0.1) is 24.4 Å². The molecule has 1 aliphatic heterocycles. The largest absolute Gasteiger partial charge is 0.486 e. The van der Waals surface area contributed by atoms with Gasteiger partial charge in [-0.25, -0.2) is 5.43 Å². The molecule has 0 atom stereocenters. The van der Waals surface area contributed by atoms with E-state index in [4.69, 9.17) is 18.6 Å². The van der Waals surface area contributed by atoms with Crippen LogP contribution in [0.3, 0.4) is 0 Å². The van der Waals surface area contributed by atoms with Crippen molar-refractivity contribution in [1.29, 1.82) is 0 Å². The van der Waals surface area contributed by atoms with Gasteiger partial charge >= 0.3 is 5.91 Å². The Morgan fingerprint density at radius 1 is 1.00 bits per heavy atom. The van der Waals surface area contributed by atoms with Crippen LogP contribution in [0.2, 0.25) is 0 Å². The summed E-state index contributed by atoms with van der Waals surface area (Å²) in [6.07, 6.45) is 1.20. The smallest absolute Gasteiger partial charge is 0.307 e. The van der Waals surface area contributed by atoms with Gasteiger partial charge in [0.2, 0.25) is 0 Å². The molecule has 0 saturated carbocycles. The number of nitrogens with one attached hydrogen (secondary N) is 1. The Morgan fingerprint density at radius 3 is 2.43 bits per heavy atom. The van der Waals surface area contributed by atoms with Crippen LogP contribution in [-0.2, 0) is 16.1 Å². The van der Waals surface area contributed by atoms with Crippen LogP contribution in [0, 0.1) is 24.0 Å². The Hall–Kier alpha value is -5.43. The molecule has 5 rings (SSSR count). The highest BCUT2D eigenvalue weighted by molar-refractivity contribution is 5.93. The SMILES string of the molecule is Cc1ccc(C)n1-c1ccc(OCc2ccc(C(=O)N/N=C/c3cc([N+](=O)[O-])ccc3OCC(=O)N3CCOCC3)o2)cc1. The molecule has 0 spiro atoms. The zero-order valence-corrected chi connectivity index (χ0v) is 24.2. The van der Waals surface area contributed by atoms with Gasteiger partial charge in [0.1, 0.15) is 23.9 Å². The topological polar surface area (TPSA) is 151 Å². The number of morpholine rings is 1. The van der Waals surface area contributed by atoms with Crippen LogP contribution in [0.25, 0.3) is 5.69 Å². The molecule has 0 radical (unpaired) electrons. The molecule has 0 bridgehead atoms. The van der Waals surface area contributed by atoms with Crippen LogP contribution in [0.15, 0.2) is 76.2 Å². The summed E-state index contributed by atoms with van der Waals surface area (Å²) in [4.78, 5) is 37.4. The van der Waals surface area contributed by atoms with E-state index in [9.17, 15) is 19.7 Å². The zero-order chi connectivity index (χ0) is 31.1. The molecule has 1 N–H and O–H groups in total. The summed E-state index contributed by atoms with van der Waals surface area (Å²) in [5, 5.41) is 15.2. The molecule has 2 aromatic heterocycles. The second kappa shape index (κ2) is 13.7. The predicted molar refractivity (Wildman–Crippen MR) is 159 cm³/mol. The van der Waals surface area contributed by atoms with Crippen molar-refractivity contribution in [3.63, 3.8) is 0 Å². The summed E-state index contributed by atoms with van der Waals surface area (Å²) in [6.45, 7) is 5.76. The molecule has 13 nitrogen and oxygen atoms in total. The highest BCUT2D eigenvalue weighted by atomic mass is 16.6. The Labute approximate surface area is 252 Å². The van der Waals surface area contributed by atoms with Gasteiger partial charge in [-0.05, 0) is 68.4 Å². The summed E-state index contributed by atoms with van der Waals surface area (Å²) in [6, 6.07) is 18.8. The van der Waals surface area contributed by atoms with Gasteiger partial charge in [-0.3, -0.25) is 19.7 Å². The number of carbonyl (C=O) groups is 2. The number of nitrogens with zero attached hydrogens (tertiary/aromatic N) is 4. The molecule has 1 fully saturated rings. The number of non-ortho nitro benzene ring substituents is 1. The first-order chi connectivity index (χ1) is 21.3. The fourth-order valence-electron chi connectivity index (χ4n) is 4.64. The van der Waals surface area contributed by atoms with Crippen LogP contribution < -0.4 is 14.9 Å². The average molecular weight is 602 g/mol. The third-order valence-corrected chi connectivity index (χ3v) is 6.92. The second-order valence-electron chi connectivity index (χ2n) is 9.96. The number of rotatable bonds is 11. The lowest BCUT2D eigenvalue weighted by Gasteiger charge is -2.26. The number of aryl methyl sites for hydroxylation is 2. The molecule has 2 amide bonds. The number of nitro benzene ring substituents is 1. The van der Waals surface area contributed by atoms with Crippen molar-refractivity contribution in [3.8, 4) is 17.2 Å². The van der Waals surface area contributed by atoms with E-state index in [1.54, 1.807) is 11.0 Å². The van der Waals surface area contributed by atoms with Gasteiger partial charge in [-0.1, -0.05) is 0 Å². The van der Waals surface area contributed by atoms with Crippen molar-refractivity contribution in [2.45, 2.75) is 20.5 Å². The first-order valence-corrected chi connectivity index (χ1v) is 13.9. The first kappa shape index (κ1) is 30.0. The van der Waals surface area contributed by atoms with Gasteiger partial charge in [-0.2, -0.15) is 5.10 Å². The predicted octanol–water partition coefficient (Wildman–Crippen LogP) is 4.18. The second-order valence-corrected chi connectivity index (χ2v) is 9.96. The number of hydrogen-bond donors (Lipinski definition) is 1. The van der Waals surface area contributed by atoms with E-state index >= 15 is 0 Å². The Kier molecular flexibility index (Phi) is 9.35. The minimum Gasteiger partial charge on any atom is -0.486 e. The van der Waals surface area contributed by atoms with E-state index in [-0.39, 0.29) is 41.9 Å². The molecule has 1 saturated heterocycles. The first-order valence-electron chi connectivity index (χ1n) is 13.9. The quantitative estimate of drug-likeness (QED) is 0.153. The third-order valence-electron chi connectivity index (χ3n) is 6.92. The maximum Gasteiger partial charge on any atom is 0.307 e. The van der Waals surface area contributed by atoms with Crippen molar-refractivity contribution in [2.75, 3.05) is 32.9 Å². The van der Waals surface area contributed by atoms with Crippen LogP contribution in [0.4, 0.5) is 5.69 Å². The molecular formula is C31H31N5O8. The van der Waals surface area contributed by atoms with Crippen LogP contribution in [0.1, 0.15) is 33.3 Å². The number of benzene rings is 2. The van der Waals surface area contributed by atoms with E-state index < -0.39 is 10.8 Å². The summed E-state index contributed by atoms with van der Waals surface area (Å²) < 4.78 is 24.4. The molecule has 228 valence electrons. The fourth-order valence-corrected chi connectivity index (χ4v) is 4.64. The molecular weight excluding hydrogens is 570 g/mol. The van der Waals surface area contributed by atoms with E-state index in [2.05, 4.69) is 27.2 Å². The van der Waals surface area contributed by atoms with Gasteiger partial charge in [0.15, 0.2) is 12.4 Å². The number of furan rings is 1. The lowest BCUT2D eigenvalue weighted by atomic mass is 10.2. The highest BCUT2D eigenvalue weighted by Crippen LogP contribution is 2.24. The Balaban J connectivity index is 1.16. The standard InChI is InChI=1S/C31H31N5O8/c1-21-3-4-22(2)35(21)24-5-8-26(9-6-24)42-19-27-10-12-29(44-27)31(38)33-32-18-23-17-25(36(39)40)7-11-28(23)43-20-30(37)34-13-15-41-16-14-34/h3-12,17-18H,13-16,19-20H2,1-2H3,(H,33,38)/b32-18+. The molecule has 0 aliphatic carbocycles. The third kappa shape index (κ3) is 7.31. The summed E-state index contributed by atoms with van der Waals surface area (Å²) >= 11 is 0. The molecule has 2 aromatic carbocycles. The molecule has 13 heteroatoms. The number of nitro groups is 1. The number of carbonyl (C=O) groups excluding carboxylic acids is 2. The maximum absolute atomic E-state index is 12.6. The van der Waals surface area contributed by atoms with E-state index in [0.717, 1.165) is 17.1 Å². The van der Waals surface area contributed by atoms with Crippen molar-refractivity contribution >= 4 is 23.7 Å². The number of amides is 2. The van der Waals surface area contributed by atoms with Crippen LogP contribution >= 0.6 is 0 Å². The van der Waals surface area contributed by atoms with E-state index in [1.807, 2.05) is 38.1 Å². The molecule has 44 heavy (non-hydrogen) atoms. The summed E-state index contributed by atoms with van der Waals surface area (Å²) in [5.41, 5.74) is 5.64. The maximum atomic E-state index is 12.6. The van der Waals surface area contributed by atoms with Gasteiger partial charge in [0.25, 0.3) is 11.6 Å². The normalized spacial score (nSPS) is 13.2. The number of ether oxygens (including phenoxy) is 3. The molecule has 1 aliphatic rings. The fraction of sp³-hybridized carbons (Fsp3) is 0.258. The number of hydrogen-bond acceptors (Lipinski definition) is 9. The Morgan fingerprint density at radius 2 is 1.73 bits per heavy atom. The monoisotopic (exact) mass is 601 g/mol. The van der Waals surface area contributed by atoms with Gasteiger partial charge < -0.3 is 28.1 Å². The summed E-state index contributed by atoms with van der Waals surface area (Å²) in [5.74, 6) is 0.397. The number of hydrazone groups is 1. The van der Waals surface area contributed by atoms with Crippen molar-refractivity contribution in [2.24, 2.45) is 5.10 Å². The number of aromatic nitrogens is 1. The van der Waals surface area contributed by atoms with Crippen LogP contribution in [-0.4, -0.2) is 65.3 Å². The lowest BCUT2D eigenvalue weighted by molar-refractivity contribution is -0.384. The van der Waals surface area contributed by atoms with Gasteiger partial charge in [-0.15, -0.1) is 0 Å². The minimum absolute atomic E-state index is 0.00118. The lowest BCUT2D eigenvalue weighted by Crippen LogP contribution is -2.43. The summed E-state index contributed by atoms with van der Waals surface area (Å²) in [7, 11) is 0. The Bertz CT molecular complexity index is 1650. The molecule has 3 heterocycles. The van der Waals surface area contributed by atoms with E-state index in [0.29, 0.717) is 37.8 Å². The van der Waals surface area contributed by atoms with Crippen LogP contribution in [0.5, 0.6) is 11.5 Å². The highest BCUT2D eigenvalue weighted by Gasteiger charge is 2.19. The van der Waals surface area contributed by atoms with E-state index in [1.165, 1.54) is 30.5 Å². The molecule has 0 unspecified atom stereocenters.